The zero-order valence-corrected chi connectivity index (χ0v) is 43.9. The minimum atomic E-state index is -2.65. The maximum atomic E-state index is 13.5. The van der Waals surface area contributed by atoms with E-state index in [0.717, 1.165) is 16.7 Å². The third-order valence-electron chi connectivity index (χ3n) is 12.9. The molecule has 6 aromatic rings. The van der Waals surface area contributed by atoms with E-state index < -0.39 is 47.0 Å². The molecule has 17 heteroatoms. The molecule has 1 saturated heterocycles. The minimum Gasteiger partial charge on any atom is -0.497 e. The molecular formula is C53H66N7O8PSi. The Morgan fingerprint density at radius 1 is 0.829 bits per heavy atom. The largest absolute Gasteiger partial charge is 0.497 e. The van der Waals surface area contributed by atoms with Gasteiger partial charge in [0, 0.05) is 17.6 Å². The van der Waals surface area contributed by atoms with Crippen molar-refractivity contribution in [3.63, 3.8) is 0 Å². The number of aromatic nitrogens is 4. The van der Waals surface area contributed by atoms with Gasteiger partial charge in [0.25, 0.3) is 14.4 Å². The predicted molar refractivity (Wildman–Crippen MR) is 274 cm³/mol. The number of carbonyl (C=O) groups is 1. The molecule has 0 spiro atoms. The maximum absolute atomic E-state index is 13.5. The van der Waals surface area contributed by atoms with Crippen LogP contribution in [0, 0.1) is 11.3 Å². The van der Waals surface area contributed by atoms with Crippen molar-refractivity contribution in [2.24, 2.45) is 0 Å². The number of ether oxygens (including phenoxy) is 4. The quantitative estimate of drug-likeness (QED) is 0.0314. The first kappa shape index (κ1) is 52.2. The van der Waals surface area contributed by atoms with Gasteiger partial charge in [-0.3, -0.25) is 9.36 Å². The number of rotatable bonds is 21. The Bertz CT molecular complexity index is 2620. The molecule has 5 atom stereocenters. The van der Waals surface area contributed by atoms with Crippen molar-refractivity contribution in [1.29, 1.82) is 5.26 Å². The molecule has 1 aliphatic rings. The van der Waals surface area contributed by atoms with Crippen molar-refractivity contribution in [1.82, 2.24) is 24.2 Å². The molecule has 3 heterocycles. The van der Waals surface area contributed by atoms with E-state index in [-0.39, 0.29) is 48.5 Å². The van der Waals surface area contributed by atoms with Crippen LogP contribution in [0.25, 0.3) is 11.2 Å². The minimum absolute atomic E-state index is 0.00550. The van der Waals surface area contributed by atoms with E-state index in [4.69, 9.17) is 42.4 Å². The molecule has 0 saturated carbocycles. The highest BCUT2D eigenvalue weighted by molar-refractivity contribution is 7.44. The van der Waals surface area contributed by atoms with Gasteiger partial charge >= 0.3 is 0 Å². The lowest BCUT2D eigenvalue weighted by molar-refractivity contribution is -0.0928. The number of methoxy groups -OCH3 is 2. The molecule has 2 aromatic heterocycles. The molecule has 0 aliphatic carbocycles. The van der Waals surface area contributed by atoms with E-state index in [9.17, 15) is 10.1 Å². The molecule has 0 bridgehead atoms. The third kappa shape index (κ3) is 11.3. The number of fused-ring (bicyclic) bond motifs is 1. The monoisotopic (exact) mass is 987 g/mol. The highest BCUT2D eigenvalue weighted by Crippen LogP contribution is 2.53. The maximum Gasteiger partial charge on any atom is 0.259 e. The molecule has 7 rings (SSSR count). The Morgan fingerprint density at radius 2 is 1.40 bits per heavy atom. The van der Waals surface area contributed by atoms with Crippen LogP contribution in [0.5, 0.6) is 11.5 Å². The number of hydrogen-bond donors (Lipinski definition) is 1. The van der Waals surface area contributed by atoms with Gasteiger partial charge in [0.1, 0.15) is 41.7 Å². The second-order valence-corrected chi connectivity index (χ2v) is 25.4. The summed E-state index contributed by atoms with van der Waals surface area (Å²) >= 11 is 0. The standard InChI is InChI=1S/C53H66N7O8PSi/c1-36(2)60(37(3)4)69(65-32-18-31-54)67-47-46(68-70(10,11)52(5,6)7)44(66-51(47)59-35-57-45-48(55-34-56-49(45)59)58-50(61)38-19-14-12-15-20-38)33-64-53(39-21-16-13-17-22-39,40-23-27-42(62-8)28-24-40)41-25-29-43(63-9)30-26-41/h12-17,19-30,34-37,44,46-47,51H,18,32-33H2,1-11H3,(H,55,56,58,61). The van der Waals surface area contributed by atoms with Gasteiger partial charge in [-0.05, 0) is 98.9 Å². The lowest BCUT2D eigenvalue weighted by Gasteiger charge is -2.43. The summed E-state index contributed by atoms with van der Waals surface area (Å²) in [4.78, 5) is 27.5. The first-order valence-electron chi connectivity index (χ1n) is 23.6. The molecule has 1 aliphatic heterocycles. The van der Waals surface area contributed by atoms with Crippen LogP contribution in [0.2, 0.25) is 18.1 Å². The Morgan fingerprint density at radius 3 is 1.94 bits per heavy atom. The van der Waals surface area contributed by atoms with Crippen LogP contribution in [0.3, 0.4) is 0 Å². The molecule has 5 unspecified atom stereocenters. The SMILES string of the molecule is COc1ccc(C(OCC2OC(n3cnc4c(NC(=O)c5ccccc5)ncnc43)C(OP(OCCC#N)N(C(C)C)C(C)C)C2O[Si](C)(C)C(C)(C)C)(c2ccccc2)c2ccc(OC)cc2)cc1. The van der Waals surface area contributed by atoms with E-state index >= 15 is 0 Å². The number of amides is 1. The molecular weight excluding hydrogens is 922 g/mol. The summed E-state index contributed by atoms with van der Waals surface area (Å²) in [5.41, 5.74) is 2.64. The van der Waals surface area contributed by atoms with Crippen molar-refractivity contribution in [2.75, 3.05) is 32.8 Å². The van der Waals surface area contributed by atoms with Gasteiger partial charge in [0.2, 0.25) is 0 Å². The third-order valence-corrected chi connectivity index (χ3v) is 19.5. The van der Waals surface area contributed by atoms with E-state index in [1.54, 1.807) is 44.8 Å². The number of carbonyl (C=O) groups excluding carboxylic acids is 1. The van der Waals surface area contributed by atoms with Crippen molar-refractivity contribution >= 4 is 39.7 Å². The Labute approximate surface area is 414 Å². The van der Waals surface area contributed by atoms with Crippen LogP contribution >= 0.6 is 8.53 Å². The number of nitrogens with one attached hydrogen (secondary N) is 1. The molecule has 1 amide bonds. The summed E-state index contributed by atoms with van der Waals surface area (Å²) in [7, 11) is -1.19. The number of imidazole rings is 1. The molecule has 0 radical (unpaired) electrons. The average Bonchev–Trinajstić information content (AvgIpc) is 3.93. The zero-order valence-electron chi connectivity index (χ0n) is 42.0. The van der Waals surface area contributed by atoms with E-state index in [1.807, 2.05) is 77.4 Å². The summed E-state index contributed by atoms with van der Waals surface area (Å²) in [6.45, 7) is 19.6. The second kappa shape index (κ2) is 22.6. The van der Waals surface area contributed by atoms with Gasteiger partial charge in [0.15, 0.2) is 31.5 Å². The summed E-state index contributed by atoms with van der Waals surface area (Å²) in [5, 5.41) is 12.4. The van der Waals surface area contributed by atoms with E-state index in [0.29, 0.717) is 28.2 Å². The first-order valence-corrected chi connectivity index (χ1v) is 27.7. The van der Waals surface area contributed by atoms with E-state index in [2.05, 4.69) is 94.7 Å². The van der Waals surface area contributed by atoms with Gasteiger partial charge in [-0.2, -0.15) is 5.26 Å². The molecule has 1 N–H and O–H groups in total. The van der Waals surface area contributed by atoms with Crippen LogP contribution in [0.15, 0.2) is 122 Å². The lowest BCUT2D eigenvalue weighted by Crippen LogP contribution is -2.51. The topological polar surface area (TPSA) is 164 Å². The normalized spacial score (nSPS) is 18.1. The van der Waals surface area contributed by atoms with Gasteiger partial charge in [-0.25, -0.2) is 19.6 Å². The highest BCUT2D eigenvalue weighted by atomic mass is 31.2. The van der Waals surface area contributed by atoms with Crippen molar-refractivity contribution < 1.29 is 37.2 Å². The molecule has 70 heavy (non-hydrogen) atoms. The smallest absolute Gasteiger partial charge is 0.259 e. The summed E-state index contributed by atoms with van der Waals surface area (Å²) in [5.74, 6) is 1.30. The second-order valence-electron chi connectivity index (χ2n) is 19.2. The van der Waals surface area contributed by atoms with Gasteiger partial charge in [-0.15, -0.1) is 0 Å². The van der Waals surface area contributed by atoms with Crippen LogP contribution < -0.4 is 14.8 Å². The molecule has 15 nitrogen and oxygen atoms in total. The average molecular weight is 988 g/mol. The summed E-state index contributed by atoms with van der Waals surface area (Å²) < 4.78 is 51.7. The Hall–Kier alpha value is -5.60. The van der Waals surface area contributed by atoms with E-state index in [1.165, 1.54) is 6.33 Å². The van der Waals surface area contributed by atoms with Crippen LogP contribution in [0.1, 0.15) is 88.2 Å². The predicted octanol–water partition coefficient (Wildman–Crippen LogP) is 11.1. The zero-order chi connectivity index (χ0) is 50.2. The number of nitriles is 1. The highest BCUT2D eigenvalue weighted by Gasteiger charge is 2.54. The van der Waals surface area contributed by atoms with Crippen molar-refractivity contribution in [2.45, 2.75) is 115 Å². The Balaban J connectivity index is 1.40. The van der Waals surface area contributed by atoms with Gasteiger partial charge in [-0.1, -0.05) is 93.6 Å². The molecule has 4 aromatic carbocycles. The molecule has 1 fully saturated rings. The van der Waals surface area contributed by atoms with Crippen LogP contribution in [-0.2, 0) is 28.5 Å². The fourth-order valence-electron chi connectivity index (χ4n) is 8.42. The number of benzene rings is 4. The summed E-state index contributed by atoms with van der Waals surface area (Å²) in [6.07, 6.45) is -0.0636. The fourth-order valence-corrected chi connectivity index (χ4v) is 11.5. The van der Waals surface area contributed by atoms with Gasteiger partial charge < -0.3 is 37.7 Å². The van der Waals surface area contributed by atoms with Crippen LogP contribution in [-0.4, -0.2) is 96.2 Å². The lowest BCUT2D eigenvalue weighted by atomic mass is 9.80. The first-order chi connectivity index (χ1) is 33.5. The van der Waals surface area contributed by atoms with Crippen molar-refractivity contribution in [3.8, 4) is 17.6 Å². The number of hydrogen-bond acceptors (Lipinski definition) is 13. The van der Waals surface area contributed by atoms with Crippen LogP contribution in [0.4, 0.5) is 5.82 Å². The summed E-state index contributed by atoms with van der Waals surface area (Å²) in [6, 6.07) is 37.1. The number of anilines is 1. The molecule has 370 valence electrons. The fraction of sp³-hybridized carbons (Fsp3) is 0.415. The van der Waals surface area contributed by atoms with Gasteiger partial charge in [0.05, 0.1) is 46.3 Å². The Kier molecular flexibility index (Phi) is 16.9. The van der Waals surface area contributed by atoms with Crippen molar-refractivity contribution in [3.05, 3.63) is 144 Å². The number of nitrogens with zero attached hydrogens (tertiary/aromatic N) is 6.